The summed E-state index contributed by atoms with van der Waals surface area (Å²) in [6.45, 7) is 1.60. The number of thiazole rings is 1. The maximum absolute atomic E-state index is 12.3. The summed E-state index contributed by atoms with van der Waals surface area (Å²) in [6, 6.07) is 0. The van der Waals surface area contributed by atoms with Gasteiger partial charge in [0.1, 0.15) is 4.88 Å². The number of carbonyl (C=O) groups excluding carboxylic acids is 1. The van der Waals surface area contributed by atoms with Crippen molar-refractivity contribution in [2.75, 3.05) is 13.1 Å². The van der Waals surface area contributed by atoms with E-state index in [2.05, 4.69) is 4.98 Å². The number of hydrogen-bond donors (Lipinski definition) is 1. The quantitative estimate of drug-likeness (QED) is 0.908. The Bertz CT molecular complexity index is 563. The molecule has 5 nitrogen and oxygen atoms in total. The number of alkyl halides is 3. The monoisotopic (exact) mass is 322 g/mol. The number of piperidine rings is 1. The molecule has 21 heavy (non-hydrogen) atoms. The third-order valence-electron chi connectivity index (χ3n) is 3.38. The average molecular weight is 322 g/mol. The van der Waals surface area contributed by atoms with Crippen molar-refractivity contribution in [3.05, 3.63) is 15.6 Å². The van der Waals surface area contributed by atoms with Gasteiger partial charge in [-0.2, -0.15) is 13.2 Å². The highest BCUT2D eigenvalue weighted by Gasteiger charge is 2.43. The second-order valence-electron chi connectivity index (χ2n) is 4.84. The minimum atomic E-state index is -4.85. The van der Waals surface area contributed by atoms with Gasteiger partial charge in [-0.25, -0.2) is 9.78 Å². The number of carbonyl (C=O) groups is 2. The van der Waals surface area contributed by atoms with Crippen LogP contribution in [0.15, 0.2) is 0 Å². The molecule has 0 spiro atoms. The van der Waals surface area contributed by atoms with Crippen molar-refractivity contribution >= 4 is 23.2 Å². The first-order chi connectivity index (χ1) is 9.70. The van der Waals surface area contributed by atoms with Crippen LogP contribution in [0.1, 0.15) is 39.1 Å². The maximum Gasteiger partial charge on any atom is 0.471 e. The highest BCUT2D eigenvalue weighted by Crippen LogP contribution is 2.33. The number of nitrogens with zero attached hydrogens (tertiary/aromatic N) is 2. The Morgan fingerprint density at radius 2 is 1.90 bits per heavy atom. The zero-order chi connectivity index (χ0) is 15.8. The van der Waals surface area contributed by atoms with E-state index < -0.39 is 18.1 Å². The number of aromatic carboxylic acids is 1. The Kier molecular flexibility index (Phi) is 4.22. The molecular formula is C12H13F3N2O3S. The molecule has 0 atom stereocenters. The number of amides is 1. The zero-order valence-corrected chi connectivity index (χ0v) is 11.9. The van der Waals surface area contributed by atoms with E-state index >= 15 is 0 Å². The van der Waals surface area contributed by atoms with E-state index in [1.807, 2.05) is 0 Å². The number of carboxylic acid groups (broad SMARTS) is 1. The van der Waals surface area contributed by atoms with Gasteiger partial charge < -0.3 is 10.0 Å². The Balaban J connectivity index is 2.03. The number of aryl methyl sites for hydroxylation is 1. The molecule has 116 valence electrons. The summed E-state index contributed by atoms with van der Waals surface area (Å²) in [4.78, 5) is 27.2. The van der Waals surface area contributed by atoms with Crippen molar-refractivity contribution in [3.8, 4) is 0 Å². The topological polar surface area (TPSA) is 70.5 Å². The van der Waals surface area contributed by atoms with Crippen molar-refractivity contribution in [2.45, 2.75) is 31.9 Å². The van der Waals surface area contributed by atoms with Crippen LogP contribution in [0.4, 0.5) is 13.2 Å². The van der Waals surface area contributed by atoms with Crippen LogP contribution in [0, 0.1) is 6.92 Å². The summed E-state index contributed by atoms with van der Waals surface area (Å²) in [5, 5.41) is 9.59. The lowest BCUT2D eigenvalue weighted by molar-refractivity contribution is -0.186. The van der Waals surface area contributed by atoms with E-state index in [1.165, 1.54) is 0 Å². The molecule has 1 aliphatic rings. The predicted molar refractivity (Wildman–Crippen MR) is 68.4 cm³/mol. The molecule has 1 saturated heterocycles. The molecule has 0 aliphatic carbocycles. The molecule has 1 aliphatic heterocycles. The largest absolute Gasteiger partial charge is 0.477 e. The summed E-state index contributed by atoms with van der Waals surface area (Å²) in [7, 11) is 0. The number of halogens is 3. The highest BCUT2D eigenvalue weighted by molar-refractivity contribution is 7.13. The van der Waals surface area contributed by atoms with E-state index in [0.29, 0.717) is 23.5 Å². The summed E-state index contributed by atoms with van der Waals surface area (Å²) >= 11 is 1.05. The molecule has 0 aromatic carbocycles. The van der Waals surface area contributed by atoms with Crippen LogP contribution >= 0.6 is 11.3 Å². The highest BCUT2D eigenvalue weighted by atomic mass is 32.1. The lowest BCUT2D eigenvalue weighted by Gasteiger charge is -2.31. The molecule has 0 bridgehead atoms. The number of likely N-dealkylation sites (tertiary alicyclic amines) is 1. The molecule has 0 radical (unpaired) electrons. The lowest BCUT2D eigenvalue weighted by Crippen LogP contribution is -2.45. The Hall–Kier alpha value is -1.64. The molecule has 0 unspecified atom stereocenters. The molecule has 2 rings (SSSR count). The van der Waals surface area contributed by atoms with Gasteiger partial charge in [-0.05, 0) is 19.8 Å². The molecule has 1 amide bonds. The summed E-state index contributed by atoms with van der Waals surface area (Å²) in [5.41, 5.74) is 0.413. The van der Waals surface area contributed by atoms with Gasteiger partial charge in [0.05, 0.1) is 10.7 Å². The first-order valence-electron chi connectivity index (χ1n) is 6.27. The Labute approximate surface area is 122 Å². The molecule has 1 aromatic heterocycles. The molecule has 1 N–H and O–H groups in total. The SMILES string of the molecule is Cc1nc(C2CCN(C(=O)C(F)(F)F)CC2)sc1C(=O)O. The first-order valence-corrected chi connectivity index (χ1v) is 7.08. The van der Waals surface area contributed by atoms with Crippen LogP contribution in [0.3, 0.4) is 0 Å². The van der Waals surface area contributed by atoms with Crippen LogP contribution in [-0.2, 0) is 4.79 Å². The minimum absolute atomic E-state index is 0.00401. The van der Waals surface area contributed by atoms with Gasteiger partial charge in [0.2, 0.25) is 0 Å². The van der Waals surface area contributed by atoms with Crippen LogP contribution in [0.5, 0.6) is 0 Å². The Morgan fingerprint density at radius 3 is 2.33 bits per heavy atom. The van der Waals surface area contributed by atoms with Crippen molar-refractivity contribution in [1.82, 2.24) is 9.88 Å². The summed E-state index contributed by atoms with van der Waals surface area (Å²) < 4.78 is 37.0. The Morgan fingerprint density at radius 1 is 1.33 bits per heavy atom. The van der Waals surface area contributed by atoms with Crippen LogP contribution in [0.25, 0.3) is 0 Å². The fraction of sp³-hybridized carbons (Fsp3) is 0.583. The number of hydrogen-bond acceptors (Lipinski definition) is 4. The van der Waals surface area contributed by atoms with Gasteiger partial charge in [0.15, 0.2) is 0 Å². The molecule has 0 saturated carbocycles. The fourth-order valence-electron chi connectivity index (χ4n) is 2.30. The van der Waals surface area contributed by atoms with E-state index in [9.17, 15) is 22.8 Å². The third kappa shape index (κ3) is 3.34. The molecule has 1 fully saturated rings. The predicted octanol–water partition coefficient (Wildman–Crippen LogP) is 2.42. The lowest BCUT2D eigenvalue weighted by atomic mass is 9.97. The van der Waals surface area contributed by atoms with Crippen molar-refractivity contribution in [2.24, 2.45) is 0 Å². The summed E-state index contributed by atoms with van der Waals surface area (Å²) in [6.07, 6.45) is -4.14. The fourth-order valence-corrected chi connectivity index (χ4v) is 3.37. The van der Waals surface area contributed by atoms with Crippen LogP contribution < -0.4 is 0 Å². The third-order valence-corrected chi connectivity index (χ3v) is 4.69. The molecule has 2 heterocycles. The molecule has 1 aromatic rings. The van der Waals surface area contributed by atoms with E-state index in [-0.39, 0.29) is 23.9 Å². The second-order valence-corrected chi connectivity index (χ2v) is 5.87. The van der Waals surface area contributed by atoms with Gasteiger partial charge >= 0.3 is 18.1 Å². The van der Waals surface area contributed by atoms with Crippen molar-refractivity contribution in [3.63, 3.8) is 0 Å². The van der Waals surface area contributed by atoms with Crippen LogP contribution in [0.2, 0.25) is 0 Å². The maximum atomic E-state index is 12.3. The van der Waals surface area contributed by atoms with Crippen molar-refractivity contribution in [1.29, 1.82) is 0 Å². The molecular weight excluding hydrogens is 309 g/mol. The van der Waals surface area contributed by atoms with Gasteiger partial charge in [-0.1, -0.05) is 0 Å². The summed E-state index contributed by atoms with van der Waals surface area (Å²) in [5.74, 6) is -2.97. The normalized spacial score (nSPS) is 17.0. The van der Waals surface area contributed by atoms with Crippen molar-refractivity contribution < 1.29 is 27.9 Å². The molecule has 9 heteroatoms. The van der Waals surface area contributed by atoms with Crippen LogP contribution in [-0.4, -0.2) is 46.1 Å². The van der Waals surface area contributed by atoms with Gasteiger partial charge in [0, 0.05) is 19.0 Å². The standard InChI is InChI=1S/C12H13F3N2O3S/c1-6-8(10(18)19)21-9(16-6)7-2-4-17(5-3-7)11(20)12(13,14)15/h7H,2-5H2,1H3,(H,18,19). The van der Waals surface area contributed by atoms with E-state index in [0.717, 1.165) is 16.2 Å². The number of rotatable bonds is 2. The van der Waals surface area contributed by atoms with E-state index in [1.54, 1.807) is 6.92 Å². The smallest absolute Gasteiger partial charge is 0.471 e. The average Bonchev–Trinajstić information content (AvgIpc) is 2.79. The first kappa shape index (κ1) is 15.7. The number of aromatic nitrogens is 1. The zero-order valence-electron chi connectivity index (χ0n) is 11.1. The minimum Gasteiger partial charge on any atom is -0.477 e. The van der Waals surface area contributed by atoms with Gasteiger partial charge in [-0.15, -0.1) is 11.3 Å². The van der Waals surface area contributed by atoms with Gasteiger partial charge in [-0.3, -0.25) is 4.79 Å². The second kappa shape index (κ2) is 5.63. The van der Waals surface area contributed by atoms with E-state index in [4.69, 9.17) is 5.11 Å². The number of carboxylic acids is 1. The van der Waals surface area contributed by atoms with Gasteiger partial charge in [0.25, 0.3) is 0 Å².